The van der Waals surface area contributed by atoms with Gasteiger partial charge in [-0.3, -0.25) is 4.90 Å². The molecule has 1 heterocycles. The summed E-state index contributed by atoms with van der Waals surface area (Å²) in [5.41, 5.74) is 8.01. The number of hydrogen-bond donors (Lipinski definition) is 2. The number of morpholine rings is 1. The first kappa shape index (κ1) is 13.5. The van der Waals surface area contributed by atoms with E-state index in [0.717, 1.165) is 25.2 Å². The zero-order valence-electron chi connectivity index (χ0n) is 10.9. The van der Waals surface area contributed by atoms with Crippen LogP contribution in [0.5, 0.6) is 0 Å². The van der Waals surface area contributed by atoms with Crippen LogP contribution in [0.25, 0.3) is 0 Å². The Kier molecular flexibility index (Phi) is 4.72. The van der Waals surface area contributed by atoms with Crippen molar-refractivity contribution in [3.63, 3.8) is 0 Å². The normalized spacial score (nSPS) is 25.3. The van der Waals surface area contributed by atoms with E-state index < -0.39 is 0 Å². The maximum Gasteiger partial charge on any atom is 0.0936 e. The molecule has 1 aromatic carbocycles. The smallest absolute Gasteiger partial charge is 0.0936 e. The second-order valence-electron chi connectivity index (χ2n) is 4.97. The molecule has 0 spiro atoms. The van der Waals surface area contributed by atoms with E-state index in [9.17, 15) is 5.11 Å². The Hall–Kier alpha value is -0.940. The van der Waals surface area contributed by atoms with Gasteiger partial charge in [0.05, 0.1) is 18.8 Å². The van der Waals surface area contributed by atoms with Crippen molar-refractivity contribution in [1.29, 1.82) is 0 Å². The molecule has 0 amide bonds. The molecule has 4 heteroatoms. The fourth-order valence-corrected chi connectivity index (χ4v) is 2.41. The molecule has 1 aliphatic heterocycles. The topological polar surface area (TPSA) is 58.7 Å². The van der Waals surface area contributed by atoms with Crippen molar-refractivity contribution < 1.29 is 9.84 Å². The number of ether oxygens (including phenoxy) is 1. The molecular formula is C14H22N2O2. The first-order chi connectivity index (χ1) is 8.71. The van der Waals surface area contributed by atoms with Crippen molar-refractivity contribution in [2.45, 2.75) is 32.2 Å². The van der Waals surface area contributed by atoms with Crippen LogP contribution >= 0.6 is 0 Å². The third kappa shape index (κ3) is 3.53. The maximum absolute atomic E-state index is 9.20. The number of hydrogen-bond acceptors (Lipinski definition) is 4. The Balaban J connectivity index is 1.95. The van der Waals surface area contributed by atoms with Crippen molar-refractivity contribution in [2.24, 2.45) is 5.73 Å². The van der Waals surface area contributed by atoms with E-state index in [1.165, 1.54) is 5.56 Å². The number of benzene rings is 1. The first-order valence-electron chi connectivity index (χ1n) is 6.48. The minimum atomic E-state index is -0.0583. The van der Waals surface area contributed by atoms with Gasteiger partial charge in [-0.1, -0.05) is 24.3 Å². The lowest BCUT2D eigenvalue weighted by Crippen LogP contribution is -2.47. The van der Waals surface area contributed by atoms with Crippen molar-refractivity contribution in [3.05, 3.63) is 35.4 Å². The number of aliphatic hydroxyl groups is 1. The van der Waals surface area contributed by atoms with Gasteiger partial charge in [0, 0.05) is 26.2 Å². The predicted molar refractivity (Wildman–Crippen MR) is 71.0 cm³/mol. The quantitative estimate of drug-likeness (QED) is 0.827. The van der Waals surface area contributed by atoms with Crippen LogP contribution in [0.2, 0.25) is 0 Å². The average molecular weight is 250 g/mol. The fourth-order valence-electron chi connectivity index (χ4n) is 2.41. The minimum absolute atomic E-state index is 0.0583. The molecule has 0 aromatic heterocycles. The summed E-state index contributed by atoms with van der Waals surface area (Å²) in [6, 6.07) is 8.39. The van der Waals surface area contributed by atoms with E-state index in [4.69, 9.17) is 10.5 Å². The molecule has 4 nitrogen and oxygen atoms in total. The molecule has 1 saturated heterocycles. The predicted octanol–water partition coefficient (Wildman–Crippen LogP) is 0.727. The van der Waals surface area contributed by atoms with Gasteiger partial charge in [-0.15, -0.1) is 0 Å². The number of aliphatic hydroxyl groups excluding tert-OH is 1. The molecule has 1 aromatic rings. The maximum atomic E-state index is 9.20. The fraction of sp³-hybridized carbons (Fsp3) is 0.571. The standard InChI is InChI=1S/C14H22N2O2/c1-11-7-16(9-14(10-17)18-11)8-13-4-2-12(6-15)3-5-13/h2-5,11,14,17H,6-10,15H2,1H3. The van der Waals surface area contributed by atoms with Crippen molar-refractivity contribution in [2.75, 3.05) is 19.7 Å². The van der Waals surface area contributed by atoms with E-state index in [2.05, 4.69) is 29.2 Å². The molecule has 3 N–H and O–H groups in total. The SMILES string of the molecule is CC1CN(Cc2ccc(CN)cc2)CC(CO)O1. The third-order valence-electron chi connectivity index (χ3n) is 3.27. The van der Waals surface area contributed by atoms with Gasteiger partial charge in [0.15, 0.2) is 0 Å². The Morgan fingerprint density at radius 3 is 2.56 bits per heavy atom. The lowest BCUT2D eigenvalue weighted by atomic mass is 10.1. The van der Waals surface area contributed by atoms with E-state index in [0.29, 0.717) is 6.54 Å². The van der Waals surface area contributed by atoms with Gasteiger partial charge in [-0.25, -0.2) is 0 Å². The second-order valence-corrected chi connectivity index (χ2v) is 4.97. The Bertz CT molecular complexity index is 367. The summed E-state index contributed by atoms with van der Waals surface area (Å²) < 4.78 is 5.63. The molecule has 2 atom stereocenters. The van der Waals surface area contributed by atoms with Gasteiger partial charge in [0.25, 0.3) is 0 Å². The van der Waals surface area contributed by atoms with E-state index >= 15 is 0 Å². The van der Waals surface area contributed by atoms with Gasteiger partial charge in [-0.2, -0.15) is 0 Å². The molecule has 18 heavy (non-hydrogen) atoms. The van der Waals surface area contributed by atoms with Crippen LogP contribution in [0.1, 0.15) is 18.1 Å². The van der Waals surface area contributed by atoms with Gasteiger partial charge in [0.1, 0.15) is 0 Å². The molecule has 2 rings (SSSR count). The number of nitrogens with two attached hydrogens (primary N) is 1. The van der Waals surface area contributed by atoms with E-state index in [1.54, 1.807) is 0 Å². The summed E-state index contributed by atoms with van der Waals surface area (Å²) in [7, 11) is 0. The summed E-state index contributed by atoms with van der Waals surface area (Å²) in [4.78, 5) is 2.33. The van der Waals surface area contributed by atoms with E-state index in [1.807, 2.05) is 6.92 Å². The van der Waals surface area contributed by atoms with Crippen molar-refractivity contribution >= 4 is 0 Å². The highest BCUT2D eigenvalue weighted by Crippen LogP contribution is 2.14. The first-order valence-corrected chi connectivity index (χ1v) is 6.48. The van der Waals surface area contributed by atoms with Crippen LogP contribution in [-0.2, 0) is 17.8 Å². The highest BCUT2D eigenvalue weighted by molar-refractivity contribution is 5.22. The van der Waals surface area contributed by atoms with Crippen LogP contribution in [0, 0.1) is 0 Å². The summed E-state index contributed by atoms with van der Waals surface area (Å²) in [5.74, 6) is 0. The Morgan fingerprint density at radius 1 is 1.28 bits per heavy atom. The van der Waals surface area contributed by atoms with Gasteiger partial charge in [-0.05, 0) is 18.1 Å². The molecule has 0 radical (unpaired) electrons. The zero-order chi connectivity index (χ0) is 13.0. The monoisotopic (exact) mass is 250 g/mol. The summed E-state index contributed by atoms with van der Waals surface area (Å²) in [6.45, 7) is 5.32. The van der Waals surface area contributed by atoms with Crippen LogP contribution in [0.4, 0.5) is 0 Å². The van der Waals surface area contributed by atoms with Gasteiger partial charge >= 0.3 is 0 Å². The second kappa shape index (κ2) is 6.29. The molecule has 1 fully saturated rings. The van der Waals surface area contributed by atoms with Gasteiger partial charge < -0.3 is 15.6 Å². The van der Waals surface area contributed by atoms with E-state index in [-0.39, 0.29) is 18.8 Å². The highest BCUT2D eigenvalue weighted by atomic mass is 16.5. The molecule has 100 valence electrons. The van der Waals surface area contributed by atoms with Crippen molar-refractivity contribution in [1.82, 2.24) is 4.90 Å². The molecule has 0 bridgehead atoms. The summed E-state index contributed by atoms with van der Waals surface area (Å²) in [6.07, 6.45) is 0.122. The van der Waals surface area contributed by atoms with Crippen molar-refractivity contribution in [3.8, 4) is 0 Å². The zero-order valence-corrected chi connectivity index (χ0v) is 10.9. The third-order valence-corrected chi connectivity index (χ3v) is 3.27. The van der Waals surface area contributed by atoms with Crippen LogP contribution in [0.15, 0.2) is 24.3 Å². The van der Waals surface area contributed by atoms with Gasteiger partial charge in [0.2, 0.25) is 0 Å². The summed E-state index contributed by atoms with van der Waals surface area (Å²) >= 11 is 0. The lowest BCUT2D eigenvalue weighted by molar-refractivity contribution is -0.0972. The molecule has 0 aliphatic carbocycles. The number of nitrogens with zero attached hydrogens (tertiary/aromatic N) is 1. The molecular weight excluding hydrogens is 228 g/mol. The van der Waals surface area contributed by atoms with Crippen LogP contribution < -0.4 is 5.73 Å². The Morgan fingerprint density at radius 2 is 1.94 bits per heavy atom. The Labute approximate surface area is 108 Å². The molecule has 2 unspecified atom stereocenters. The van der Waals surface area contributed by atoms with Crippen LogP contribution in [-0.4, -0.2) is 41.9 Å². The average Bonchev–Trinajstić information content (AvgIpc) is 2.39. The van der Waals surface area contributed by atoms with Crippen LogP contribution in [0.3, 0.4) is 0 Å². The molecule has 0 saturated carbocycles. The highest BCUT2D eigenvalue weighted by Gasteiger charge is 2.24. The largest absolute Gasteiger partial charge is 0.394 e. The minimum Gasteiger partial charge on any atom is -0.394 e. The number of rotatable bonds is 4. The summed E-state index contributed by atoms with van der Waals surface area (Å²) in [5, 5.41) is 9.20. The lowest BCUT2D eigenvalue weighted by Gasteiger charge is -2.36. The molecule has 1 aliphatic rings.